The number of hydrogen-bond acceptors (Lipinski definition) is 1. The second-order valence-corrected chi connectivity index (χ2v) is 12.1. The highest BCUT2D eigenvalue weighted by Gasteiger charge is 2.16. The fraction of sp³-hybridized carbons (Fsp3) is 0. The van der Waals surface area contributed by atoms with Gasteiger partial charge in [0.15, 0.2) is 0 Å². The van der Waals surface area contributed by atoms with Crippen molar-refractivity contribution in [3.8, 4) is 27.9 Å². The summed E-state index contributed by atoms with van der Waals surface area (Å²) in [5, 5.41) is 7.78. The standard InChI is InChI=1S/C40H25NS/c1-3-11-26(12-4-1)28-19-29(27-13-5-2-6-14-27)21-32(20-28)41-37-17-9-7-15-33(37)35-22-31-25-40-36(23-30(31)24-38(35)41)34-16-8-10-18-39(34)42-40/h1-25H. The minimum Gasteiger partial charge on any atom is -0.309 e. The van der Waals surface area contributed by atoms with Crippen molar-refractivity contribution in [3.05, 3.63) is 152 Å². The molecule has 196 valence electrons. The van der Waals surface area contributed by atoms with Crippen LogP contribution in [0.25, 0.3) is 80.7 Å². The van der Waals surface area contributed by atoms with E-state index in [1.807, 2.05) is 11.3 Å². The lowest BCUT2D eigenvalue weighted by Crippen LogP contribution is -1.96. The van der Waals surface area contributed by atoms with E-state index >= 15 is 0 Å². The number of para-hydroxylation sites is 1. The van der Waals surface area contributed by atoms with Gasteiger partial charge in [0.05, 0.1) is 11.0 Å². The molecule has 2 heteroatoms. The Kier molecular flexibility index (Phi) is 5.13. The van der Waals surface area contributed by atoms with E-state index in [0.29, 0.717) is 0 Å². The number of nitrogens with zero attached hydrogens (tertiary/aromatic N) is 1. The normalized spacial score (nSPS) is 11.8. The van der Waals surface area contributed by atoms with Crippen molar-refractivity contribution in [1.29, 1.82) is 0 Å². The van der Waals surface area contributed by atoms with Crippen LogP contribution in [0.15, 0.2) is 152 Å². The highest BCUT2D eigenvalue weighted by atomic mass is 32.1. The molecule has 0 saturated heterocycles. The van der Waals surface area contributed by atoms with Crippen LogP contribution in [-0.4, -0.2) is 4.57 Å². The van der Waals surface area contributed by atoms with Crippen molar-refractivity contribution in [3.63, 3.8) is 0 Å². The van der Waals surface area contributed by atoms with E-state index in [2.05, 4.69) is 156 Å². The maximum Gasteiger partial charge on any atom is 0.0547 e. The van der Waals surface area contributed by atoms with Gasteiger partial charge in [0, 0.05) is 36.6 Å². The molecule has 0 amide bonds. The second kappa shape index (κ2) is 9.17. The Hall–Kier alpha value is -5.18. The van der Waals surface area contributed by atoms with Crippen molar-refractivity contribution in [2.24, 2.45) is 0 Å². The second-order valence-electron chi connectivity index (χ2n) is 11.0. The lowest BCUT2D eigenvalue weighted by Gasteiger charge is -2.14. The van der Waals surface area contributed by atoms with Gasteiger partial charge in [-0.05, 0) is 87.6 Å². The molecule has 2 aromatic heterocycles. The third kappa shape index (κ3) is 3.62. The van der Waals surface area contributed by atoms with Crippen LogP contribution in [0.5, 0.6) is 0 Å². The minimum absolute atomic E-state index is 1.17. The van der Waals surface area contributed by atoms with Crippen molar-refractivity contribution >= 4 is 64.1 Å². The predicted octanol–water partition coefficient (Wildman–Crippen LogP) is 11.6. The number of hydrogen-bond donors (Lipinski definition) is 0. The van der Waals surface area contributed by atoms with Gasteiger partial charge in [0.25, 0.3) is 0 Å². The molecule has 0 atom stereocenters. The van der Waals surface area contributed by atoms with E-state index in [-0.39, 0.29) is 0 Å². The summed E-state index contributed by atoms with van der Waals surface area (Å²) in [5.41, 5.74) is 8.48. The lowest BCUT2D eigenvalue weighted by atomic mass is 9.98. The third-order valence-electron chi connectivity index (χ3n) is 8.52. The van der Waals surface area contributed by atoms with E-state index < -0.39 is 0 Å². The van der Waals surface area contributed by atoms with Gasteiger partial charge in [-0.15, -0.1) is 11.3 Å². The Morgan fingerprint density at radius 1 is 0.357 bits per heavy atom. The molecule has 0 radical (unpaired) electrons. The van der Waals surface area contributed by atoms with Gasteiger partial charge < -0.3 is 4.57 Å². The van der Waals surface area contributed by atoms with Crippen molar-refractivity contribution in [2.75, 3.05) is 0 Å². The number of fused-ring (bicyclic) bond motifs is 7. The molecule has 0 spiro atoms. The molecule has 0 unspecified atom stereocenters. The summed E-state index contributed by atoms with van der Waals surface area (Å²) in [5.74, 6) is 0. The average Bonchev–Trinajstić information content (AvgIpc) is 3.58. The molecule has 2 heterocycles. The summed E-state index contributed by atoms with van der Waals surface area (Å²) in [4.78, 5) is 0. The number of thiophene rings is 1. The van der Waals surface area contributed by atoms with E-state index in [9.17, 15) is 0 Å². The van der Waals surface area contributed by atoms with Crippen molar-refractivity contribution in [1.82, 2.24) is 4.57 Å². The summed E-state index contributed by atoms with van der Waals surface area (Å²) in [6.45, 7) is 0. The molecule has 0 saturated carbocycles. The predicted molar refractivity (Wildman–Crippen MR) is 182 cm³/mol. The number of rotatable bonds is 3. The quantitative estimate of drug-likeness (QED) is 0.206. The molecule has 0 aliphatic carbocycles. The monoisotopic (exact) mass is 551 g/mol. The molecule has 0 fully saturated rings. The van der Waals surface area contributed by atoms with Crippen LogP contribution in [0.4, 0.5) is 0 Å². The number of benzene rings is 7. The van der Waals surface area contributed by atoms with Gasteiger partial charge in [0.1, 0.15) is 0 Å². The zero-order valence-corrected chi connectivity index (χ0v) is 23.6. The van der Waals surface area contributed by atoms with Crippen LogP contribution in [-0.2, 0) is 0 Å². The highest BCUT2D eigenvalue weighted by Crippen LogP contribution is 2.41. The first-order valence-electron chi connectivity index (χ1n) is 14.3. The summed E-state index contributed by atoms with van der Waals surface area (Å²) >= 11 is 1.88. The van der Waals surface area contributed by atoms with Gasteiger partial charge in [0.2, 0.25) is 0 Å². The summed E-state index contributed by atoms with van der Waals surface area (Å²) in [6.07, 6.45) is 0. The van der Waals surface area contributed by atoms with Crippen molar-refractivity contribution in [2.45, 2.75) is 0 Å². The van der Waals surface area contributed by atoms with E-state index in [1.54, 1.807) is 0 Å². The fourth-order valence-corrected chi connectivity index (χ4v) is 7.68. The molecule has 1 nitrogen and oxygen atoms in total. The molecule has 9 rings (SSSR count). The van der Waals surface area contributed by atoms with Gasteiger partial charge in [-0.2, -0.15) is 0 Å². The zero-order chi connectivity index (χ0) is 27.6. The van der Waals surface area contributed by atoms with Crippen LogP contribution in [0.2, 0.25) is 0 Å². The molecular formula is C40H25NS. The summed E-state index contributed by atoms with van der Waals surface area (Å²) in [7, 11) is 0. The fourth-order valence-electron chi connectivity index (χ4n) is 6.55. The summed E-state index contributed by atoms with van der Waals surface area (Å²) in [6, 6.07) is 55.5. The van der Waals surface area contributed by atoms with Gasteiger partial charge in [-0.3, -0.25) is 0 Å². The SMILES string of the molecule is c1ccc(-c2cc(-c3ccccc3)cc(-n3c4ccccc4c4cc5cc6sc7ccccc7c6cc5cc43)c2)cc1. The molecule has 0 aliphatic heterocycles. The first-order chi connectivity index (χ1) is 20.8. The first-order valence-corrected chi connectivity index (χ1v) is 15.2. The molecule has 0 N–H and O–H groups in total. The zero-order valence-electron chi connectivity index (χ0n) is 22.8. The Morgan fingerprint density at radius 2 is 0.952 bits per heavy atom. The van der Waals surface area contributed by atoms with Crippen molar-refractivity contribution < 1.29 is 0 Å². The van der Waals surface area contributed by atoms with Gasteiger partial charge in [-0.1, -0.05) is 97.1 Å². The maximum atomic E-state index is 2.46. The Labute approximate surface area is 247 Å². The summed E-state index contributed by atoms with van der Waals surface area (Å²) < 4.78 is 5.14. The van der Waals surface area contributed by atoms with E-state index in [0.717, 1.165) is 0 Å². The maximum absolute atomic E-state index is 2.46. The van der Waals surface area contributed by atoms with Crippen LogP contribution < -0.4 is 0 Å². The van der Waals surface area contributed by atoms with Crippen LogP contribution in [0.3, 0.4) is 0 Å². The Bertz CT molecular complexity index is 2390. The van der Waals surface area contributed by atoms with E-state index in [1.165, 1.54) is 80.7 Å². The van der Waals surface area contributed by atoms with Gasteiger partial charge in [-0.25, -0.2) is 0 Å². The largest absolute Gasteiger partial charge is 0.309 e. The third-order valence-corrected chi connectivity index (χ3v) is 9.65. The minimum atomic E-state index is 1.17. The van der Waals surface area contributed by atoms with Crippen LogP contribution in [0.1, 0.15) is 0 Å². The van der Waals surface area contributed by atoms with Crippen LogP contribution in [0, 0.1) is 0 Å². The number of aromatic nitrogens is 1. The lowest BCUT2D eigenvalue weighted by molar-refractivity contribution is 1.18. The average molecular weight is 552 g/mol. The highest BCUT2D eigenvalue weighted by molar-refractivity contribution is 7.25. The molecule has 9 aromatic rings. The topological polar surface area (TPSA) is 4.93 Å². The Morgan fingerprint density at radius 3 is 1.69 bits per heavy atom. The molecular weight excluding hydrogens is 527 g/mol. The molecule has 0 bridgehead atoms. The van der Waals surface area contributed by atoms with Crippen LogP contribution >= 0.6 is 11.3 Å². The molecule has 0 aliphatic rings. The molecule has 42 heavy (non-hydrogen) atoms. The van der Waals surface area contributed by atoms with E-state index in [4.69, 9.17) is 0 Å². The smallest absolute Gasteiger partial charge is 0.0547 e. The van der Waals surface area contributed by atoms with Gasteiger partial charge >= 0.3 is 0 Å². The first kappa shape index (κ1) is 23.5. The Balaban J connectivity index is 1.37. The molecule has 7 aromatic carbocycles.